The number of ether oxygens (including phenoxy) is 2. The number of amides is 2. The maximum absolute atomic E-state index is 14.7. The Bertz CT molecular complexity index is 966. The lowest BCUT2D eigenvalue weighted by atomic mass is 10.0. The van der Waals surface area contributed by atoms with Crippen LogP contribution in [0.3, 0.4) is 0 Å². The molecule has 28 heavy (non-hydrogen) atoms. The lowest BCUT2D eigenvalue weighted by Crippen LogP contribution is -2.45. The van der Waals surface area contributed by atoms with Crippen LogP contribution in [0.2, 0.25) is 0 Å². The van der Waals surface area contributed by atoms with E-state index in [2.05, 4.69) is 5.32 Å². The number of rotatable bonds is 4. The van der Waals surface area contributed by atoms with E-state index in [0.29, 0.717) is 17.1 Å². The van der Waals surface area contributed by atoms with Gasteiger partial charge in [-0.25, -0.2) is 8.78 Å². The highest BCUT2D eigenvalue weighted by Crippen LogP contribution is 2.38. The summed E-state index contributed by atoms with van der Waals surface area (Å²) in [5, 5.41) is 2.64. The van der Waals surface area contributed by atoms with Crippen LogP contribution in [-0.2, 0) is 16.1 Å². The Kier molecular flexibility index (Phi) is 4.50. The van der Waals surface area contributed by atoms with Crippen molar-refractivity contribution >= 4 is 23.2 Å². The molecule has 2 aliphatic heterocycles. The van der Waals surface area contributed by atoms with E-state index in [1.807, 2.05) is 0 Å². The van der Waals surface area contributed by atoms with Crippen LogP contribution in [0.25, 0.3) is 0 Å². The predicted molar refractivity (Wildman–Crippen MR) is 96.2 cm³/mol. The van der Waals surface area contributed by atoms with Crippen molar-refractivity contribution in [3.8, 4) is 11.5 Å². The molecule has 9 heteroatoms. The quantitative estimate of drug-likeness (QED) is 0.834. The molecule has 3 N–H and O–H groups in total. The van der Waals surface area contributed by atoms with Gasteiger partial charge in [0, 0.05) is 24.2 Å². The Morgan fingerprint density at radius 2 is 2.04 bits per heavy atom. The standard InChI is InChI=1S/C19H17F2N3O4/c20-11-1-2-15-17(4-11)27-8-12(5-18(22)25)24(15)7-10-3-14-16(6-13(10)21)28-9-19(26)23-14/h1-4,6,12H,5,7-9H2,(H2,22,25)(H,23,26)/t12-/m0/s1. The number of nitrogens with two attached hydrogens (primary N) is 1. The molecule has 2 amide bonds. The van der Waals surface area contributed by atoms with Crippen LogP contribution in [0.1, 0.15) is 12.0 Å². The Morgan fingerprint density at radius 3 is 2.82 bits per heavy atom. The zero-order chi connectivity index (χ0) is 19.8. The third kappa shape index (κ3) is 3.42. The summed E-state index contributed by atoms with van der Waals surface area (Å²) in [6.07, 6.45) is -0.0107. The van der Waals surface area contributed by atoms with Crippen LogP contribution >= 0.6 is 0 Å². The van der Waals surface area contributed by atoms with Crippen molar-refractivity contribution in [2.24, 2.45) is 5.73 Å². The smallest absolute Gasteiger partial charge is 0.262 e. The molecule has 0 bridgehead atoms. The molecule has 2 aliphatic rings. The molecular formula is C19H17F2N3O4. The second-order valence-corrected chi connectivity index (χ2v) is 6.65. The summed E-state index contributed by atoms with van der Waals surface area (Å²) in [4.78, 5) is 24.8. The van der Waals surface area contributed by atoms with Gasteiger partial charge in [-0.2, -0.15) is 0 Å². The first-order valence-corrected chi connectivity index (χ1v) is 8.63. The molecule has 7 nitrogen and oxygen atoms in total. The molecule has 0 radical (unpaired) electrons. The van der Waals surface area contributed by atoms with Gasteiger partial charge < -0.3 is 25.4 Å². The molecular weight excluding hydrogens is 372 g/mol. The minimum Gasteiger partial charge on any atom is -0.489 e. The molecule has 0 saturated heterocycles. The fraction of sp³-hybridized carbons (Fsp3) is 0.263. The number of nitrogens with zero attached hydrogens (tertiary/aromatic N) is 1. The molecule has 0 aliphatic carbocycles. The van der Waals surface area contributed by atoms with Gasteiger partial charge in [0.25, 0.3) is 5.91 Å². The molecule has 4 rings (SSSR count). The van der Waals surface area contributed by atoms with E-state index < -0.39 is 23.6 Å². The van der Waals surface area contributed by atoms with Crippen LogP contribution < -0.4 is 25.4 Å². The molecule has 2 aromatic carbocycles. The largest absolute Gasteiger partial charge is 0.489 e. The number of primary amides is 1. The van der Waals surface area contributed by atoms with E-state index in [-0.39, 0.29) is 43.4 Å². The predicted octanol–water partition coefficient (Wildman–Crippen LogP) is 1.94. The first-order chi connectivity index (χ1) is 13.4. The van der Waals surface area contributed by atoms with Gasteiger partial charge in [-0.3, -0.25) is 9.59 Å². The number of hydrogen-bond acceptors (Lipinski definition) is 5. The van der Waals surface area contributed by atoms with Crippen LogP contribution in [0.4, 0.5) is 20.2 Å². The Balaban J connectivity index is 1.70. The molecule has 0 spiro atoms. The van der Waals surface area contributed by atoms with Crippen molar-refractivity contribution < 1.29 is 27.8 Å². The number of hydrogen-bond donors (Lipinski definition) is 2. The summed E-state index contributed by atoms with van der Waals surface area (Å²) < 4.78 is 39.0. The normalized spacial score (nSPS) is 17.7. The van der Waals surface area contributed by atoms with Crippen molar-refractivity contribution in [1.29, 1.82) is 0 Å². The summed E-state index contributed by atoms with van der Waals surface area (Å²) in [5.74, 6) is -1.30. The van der Waals surface area contributed by atoms with Crippen LogP contribution in [0, 0.1) is 11.6 Å². The maximum Gasteiger partial charge on any atom is 0.262 e. The van der Waals surface area contributed by atoms with Gasteiger partial charge in [-0.05, 0) is 18.2 Å². The monoisotopic (exact) mass is 389 g/mol. The zero-order valence-electron chi connectivity index (χ0n) is 14.7. The lowest BCUT2D eigenvalue weighted by molar-refractivity contribution is -0.119. The fourth-order valence-corrected chi connectivity index (χ4v) is 3.38. The van der Waals surface area contributed by atoms with E-state index in [1.165, 1.54) is 30.3 Å². The highest BCUT2D eigenvalue weighted by molar-refractivity contribution is 5.95. The number of fused-ring (bicyclic) bond motifs is 2. The van der Waals surface area contributed by atoms with Crippen LogP contribution in [0.15, 0.2) is 30.3 Å². The van der Waals surface area contributed by atoms with E-state index in [0.717, 1.165) is 0 Å². The third-order valence-electron chi connectivity index (χ3n) is 4.66. The SMILES string of the molecule is NC(=O)C[C@H]1COc2cc(F)ccc2N1Cc1cc2c(cc1F)OCC(=O)N2. The molecule has 0 aromatic heterocycles. The van der Waals surface area contributed by atoms with Crippen LogP contribution in [-0.4, -0.2) is 31.1 Å². The molecule has 2 heterocycles. The first-order valence-electron chi connectivity index (χ1n) is 8.63. The zero-order valence-corrected chi connectivity index (χ0v) is 14.7. The highest BCUT2D eigenvalue weighted by atomic mass is 19.1. The number of benzene rings is 2. The van der Waals surface area contributed by atoms with Gasteiger partial charge in [0.15, 0.2) is 6.61 Å². The summed E-state index contributed by atoms with van der Waals surface area (Å²) >= 11 is 0. The molecule has 0 fully saturated rings. The molecule has 0 saturated carbocycles. The minimum atomic E-state index is -0.532. The molecule has 146 valence electrons. The first kappa shape index (κ1) is 18.0. The topological polar surface area (TPSA) is 93.9 Å². The molecule has 0 unspecified atom stereocenters. The van der Waals surface area contributed by atoms with E-state index in [4.69, 9.17) is 15.2 Å². The third-order valence-corrected chi connectivity index (χ3v) is 4.66. The van der Waals surface area contributed by atoms with E-state index >= 15 is 0 Å². The number of nitrogens with one attached hydrogen (secondary N) is 1. The van der Waals surface area contributed by atoms with E-state index in [1.54, 1.807) is 4.90 Å². The summed E-state index contributed by atoms with van der Waals surface area (Å²) in [6, 6.07) is 6.26. The Labute approximate surface area is 159 Å². The minimum absolute atomic E-state index is 0.0107. The number of carbonyl (C=O) groups excluding carboxylic acids is 2. The van der Waals surface area contributed by atoms with Gasteiger partial charge >= 0.3 is 0 Å². The Morgan fingerprint density at radius 1 is 1.21 bits per heavy atom. The van der Waals surface area contributed by atoms with Gasteiger partial charge in [0.1, 0.15) is 29.7 Å². The summed E-state index contributed by atoms with van der Waals surface area (Å²) in [7, 11) is 0. The van der Waals surface area contributed by atoms with Gasteiger partial charge in [0.05, 0.1) is 23.8 Å². The van der Waals surface area contributed by atoms with Crippen LogP contribution in [0.5, 0.6) is 11.5 Å². The van der Waals surface area contributed by atoms with Gasteiger partial charge in [-0.15, -0.1) is 0 Å². The lowest BCUT2D eigenvalue weighted by Gasteiger charge is -2.38. The number of halogens is 2. The average Bonchev–Trinajstić information content (AvgIpc) is 2.64. The number of carbonyl (C=O) groups is 2. The summed E-state index contributed by atoms with van der Waals surface area (Å²) in [5.41, 5.74) is 6.51. The van der Waals surface area contributed by atoms with Crippen molar-refractivity contribution in [3.05, 3.63) is 47.5 Å². The maximum atomic E-state index is 14.7. The fourth-order valence-electron chi connectivity index (χ4n) is 3.38. The van der Waals surface area contributed by atoms with Gasteiger partial charge in [0.2, 0.25) is 5.91 Å². The van der Waals surface area contributed by atoms with Crippen molar-refractivity contribution in [3.63, 3.8) is 0 Å². The van der Waals surface area contributed by atoms with Crippen molar-refractivity contribution in [2.45, 2.75) is 19.0 Å². The Hall–Kier alpha value is -3.36. The summed E-state index contributed by atoms with van der Waals surface area (Å²) in [6.45, 7) is -0.00437. The number of anilines is 2. The highest BCUT2D eigenvalue weighted by Gasteiger charge is 2.30. The van der Waals surface area contributed by atoms with Crippen molar-refractivity contribution in [2.75, 3.05) is 23.4 Å². The van der Waals surface area contributed by atoms with Crippen molar-refractivity contribution in [1.82, 2.24) is 0 Å². The van der Waals surface area contributed by atoms with Gasteiger partial charge in [-0.1, -0.05) is 0 Å². The second kappa shape index (κ2) is 6.99. The van der Waals surface area contributed by atoms with E-state index in [9.17, 15) is 18.4 Å². The molecule has 2 aromatic rings. The average molecular weight is 389 g/mol. The second-order valence-electron chi connectivity index (χ2n) is 6.65. The molecule has 1 atom stereocenters.